The van der Waals surface area contributed by atoms with Gasteiger partial charge in [-0.15, -0.1) is 0 Å². The highest BCUT2D eigenvalue weighted by Crippen LogP contribution is 2.16. The van der Waals surface area contributed by atoms with E-state index in [1.807, 2.05) is 35.7 Å². The van der Waals surface area contributed by atoms with Crippen LogP contribution >= 0.6 is 11.5 Å². The summed E-state index contributed by atoms with van der Waals surface area (Å²) in [6, 6.07) is 7.32. The lowest BCUT2D eigenvalue weighted by molar-refractivity contribution is -0.140. The fraction of sp³-hybridized carbons (Fsp3) is 0.480. The van der Waals surface area contributed by atoms with Gasteiger partial charge in [-0.3, -0.25) is 14.4 Å². The van der Waals surface area contributed by atoms with Crippen molar-refractivity contribution in [3.05, 3.63) is 52.5 Å². The molecular formula is C25H32N4O5S. The van der Waals surface area contributed by atoms with Crippen molar-refractivity contribution in [2.45, 2.75) is 64.6 Å². The minimum absolute atomic E-state index is 0.0712. The van der Waals surface area contributed by atoms with E-state index in [4.69, 9.17) is 4.74 Å². The molecule has 3 amide bonds. The Balaban J connectivity index is 1.60. The molecule has 1 aliphatic rings. The molecule has 0 radical (unpaired) electrons. The van der Waals surface area contributed by atoms with Crippen LogP contribution in [0, 0.1) is 5.92 Å². The van der Waals surface area contributed by atoms with Crippen LogP contribution in [0.3, 0.4) is 0 Å². The Labute approximate surface area is 209 Å². The lowest BCUT2D eigenvalue weighted by Crippen LogP contribution is -2.55. The minimum Gasteiger partial charge on any atom is -0.445 e. The fourth-order valence-electron chi connectivity index (χ4n) is 3.85. The molecule has 2 heterocycles. The van der Waals surface area contributed by atoms with Crippen LogP contribution in [0.5, 0.6) is 0 Å². The molecule has 1 aromatic carbocycles. The summed E-state index contributed by atoms with van der Waals surface area (Å²) >= 11 is 1.39. The topological polar surface area (TPSA) is 126 Å². The van der Waals surface area contributed by atoms with E-state index in [0.29, 0.717) is 25.8 Å². The molecule has 0 aliphatic carbocycles. The number of hydrogen-bond acceptors (Lipinski definition) is 7. The largest absolute Gasteiger partial charge is 0.445 e. The van der Waals surface area contributed by atoms with Gasteiger partial charge in [0.25, 0.3) is 5.91 Å². The van der Waals surface area contributed by atoms with Gasteiger partial charge in [0.05, 0.1) is 11.7 Å². The number of hydrogen-bond donors (Lipinski definition) is 3. The van der Waals surface area contributed by atoms with Crippen LogP contribution in [0.2, 0.25) is 0 Å². The second-order valence-electron chi connectivity index (χ2n) is 8.89. The van der Waals surface area contributed by atoms with Gasteiger partial charge >= 0.3 is 6.09 Å². The lowest BCUT2D eigenvalue weighted by Gasteiger charge is -2.25. The van der Waals surface area contributed by atoms with E-state index in [-0.39, 0.29) is 12.5 Å². The van der Waals surface area contributed by atoms with E-state index < -0.39 is 35.8 Å². The number of nitrogens with one attached hydrogen (secondary N) is 3. The van der Waals surface area contributed by atoms with Gasteiger partial charge in [0.15, 0.2) is 0 Å². The lowest BCUT2D eigenvalue weighted by atomic mass is 9.98. The van der Waals surface area contributed by atoms with Crippen LogP contribution in [-0.4, -0.2) is 46.7 Å². The molecule has 3 rings (SSSR count). The second-order valence-corrected chi connectivity index (χ2v) is 9.52. The molecule has 9 nitrogen and oxygen atoms in total. The third-order valence-electron chi connectivity index (χ3n) is 5.86. The van der Waals surface area contributed by atoms with Crippen LogP contribution in [0.25, 0.3) is 0 Å². The van der Waals surface area contributed by atoms with Crippen molar-refractivity contribution in [3.63, 3.8) is 0 Å². The summed E-state index contributed by atoms with van der Waals surface area (Å²) in [6.07, 6.45) is 2.44. The number of aryl methyl sites for hydroxylation is 1. The number of ketones is 1. The number of Topliss-reactive ketones (excluding diaryl/α,β-unsaturated/α-hetero) is 1. The zero-order chi connectivity index (χ0) is 25.2. The summed E-state index contributed by atoms with van der Waals surface area (Å²) < 4.78 is 9.61. The first-order valence-electron chi connectivity index (χ1n) is 11.9. The Bertz CT molecular complexity index is 1020. The van der Waals surface area contributed by atoms with Gasteiger partial charge in [0.2, 0.25) is 11.7 Å². The van der Waals surface area contributed by atoms with Gasteiger partial charge < -0.3 is 20.7 Å². The summed E-state index contributed by atoms with van der Waals surface area (Å²) in [7, 11) is 0. The summed E-state index contributed by atoms with van der Waals surface area (Å²) in [6.45, 7) is 3.93. The number of benzene rings is 1. The van der Waals surface area contributed by atoms with E-state index in [1.54, 1.807) is 13.8 Å². The van der Waals surface area contributed by atoms with Crippen LogP contribution in [0.1, 0.15) is 49.9 Å². The summed E-state index contributed by atoms with van der Waals surface area (Å²) in [4.78, 5) is 50.6. The standard InChI is InChI=1S/C25H32N4O5S/c1-16(2)21(28-25(33)34-14-17-8-4-3-5-9-17)23(31)27-20-11-7-6-10-18-15-35-29-19(18)12-13-26-24(32)22(20)30/h3-5,8-9,15-16,20-21H,6-7,10-14H2,1-2H3,(H,26,32)(H,27,31)(H,28,33). The highest BCUT2D eigenvalue weighted by molar-refractivity contribution is 7.03. The van der Waals surface area contributed by atoms with Crippen LogP contribution in [-0.2, 0) is 38.6 Å². The van der Waals surface area contributed by atoms with Crippen molar-refractivity contribution in [2.24, 2.45) is 5.92 Å². The first-order valence-corrected chi connectivity index (χ1v) is 12.7. The van der Waals surface area contributed by atoms with Crippen LogP contribution in [0.15, 0.2) is 35.7 Å². The first kappa shape index (κ1) is 26.3. The third-order valence-corrected chi connectivity index (χ3v) is 6.57. The average Bonchev–Trinajstić information content (AvgIpc) is 3.29. The van der Waals surface area contributed by atoms with E-state index in [9.17, 15) is 19.2 Å². The van der Waals surface area contributed by atoms with Crippen molar-refractivity contribution in [1.29, 1.82) is 0 Å². The molecule has 0 fully saturated rings. The van der Waals surface area contributed by atoms with Gasteiger partial charge in [-0.1, -0.05) is 50.6 Å². The number of carbonyl (C=O) groups is 4. The number of aromatic nitrogens is 1. The summed E-state index contributed by atoms with van der Waals surface area (Å²) in [5.41, 5.74) is 2.94. The average molecular weight is 501 g/mol. The van der Waals surface area contributed by atoms with E-state index >= 15 is 0 Å². The molecule has 0 bridgehead atoms. The Morgan fingerprint density at radius 1 is 1.17 bits per heavy atom. The van der Waals surface area contributed by atoms with E-state index in [1.165, 1.54) is 11.5 Å². The van der Waals surface area contributed by atoms with E-state index in [2.05, 4.69) is 20.3 Å². The summed E-state index contributed by atoms with van der Waals surface area (Å²) in [5.74, 6) is -2.21. The van der Waals surface area contributed by atoms with Crippen molar-refractivity contribution in [1.82, 2.24) is 20.3 Å². The second kappa shape index (κ2) is 13.0. The molecule has 2 unspecified atom stereocenters. The van der Waals surface area contributed by atoms with Crippen molar-refractivity contribution >= 4 is 35.2 Å². The van der Waals surface area contributed by atoms with Gasteiger partial charge in [-0.25, -0.2) is 4.79 Å². The molecule has 1 aromatic heterocycles. The number of rotatable bonds is 6. The maximum atomic E-state index is 13.0. The number of ether oxygens (including phenoxy) is 1. The van der Waals surface area contributed by atoms with Gasteiger partial charge in [-0.05, 0) is 47.8 Å². The van der Waals surface area contributed by atoms with Gasteiger partial charge in [-0.2, -0.15) is 4.37 Å². The van der Waals surface area contributed by atoms with Gasteiger partial charge in [0.1, 0.15) is 12.6 Å². The quantitative estimate of drug-likeness (QED) is 0.523. The molecule has 2 aromatic rings. The molecule has 35 heavy (non-hydrogen) atoms. The molecule has 188 valence electrons. The molecule has 0 saturated heterocycles. The highest BCUT2D eigenvalue weighted by atomic mass is 32.1. The number of carbonyl (C=O) groups excluding carboxylic acids is 4. The Hall–Kier alpha value is -3.27. The fourth-order valence-corrected chi connectivity index (χ4v) is 4.62. The molecule has 10 heteroatoms. The summed E-state index contributed by atoms with van der Waals surface area (Å²) in [5, 5.41) is 9.94. The van der Waals surface area contributed by atoms with Crippen molar-refractivity contribution in [2.75, 3.05) is 6.54 Å². The molecule has 0 saturated carbocycles. The normalized spacial score (nSPS) is 17.9. The zero-order valence-electron chi connectivity index (χ0n) is 20.0. The molecule has 3 N–H and O–H groups in total. The van der Waals surface area contributed by atoms with Crippen LogP contribution < -0.4 is 16.0 Å². The number of amides is 3. The Kier molecular flexibility index (Phi) is 9.77. The monoisotopic (exact) mass is 500 g/mol. The Morgan fingerprint density at radius 3 is 2.69 bits per heavy atom. The smallest absolute Gasteiger partial charge is 0.408 e. The SMILES string of the molecule is CC(C)C(NC(=O)OCc1ccccc1)C(=O)NC1CCCCc2csnc2CCNC(=O)C1=O. The minimum atomic E-state index is -0.967. The number of fused-ring (bicyclic) bond motifs is 1. The zero-order valence-corrected chi connectivity index (χ0v) is 20.9. The first-order chi connectivity index (χ1) is 16.8. The highest BCUT2D eigenvalue weighted by Gasteiger charge is 2.31. The van der Waals surface area contributed by atoms with Gasteiger partial charge in [0, 0.05) is 18.3 Å². The Morgan fingerprint density at radius 2 is 1.94 bits per heavy atom. The number of alkyl carbamates (subject to hydrolysis) is 1. The molecule has 2 atom stereocenters. The molecular weight excluding hydrogens is 468 g/mol. The number of nitrogens with zero attached hydrogens (tertiary/aromatic N) is 1. The van der Waals surface area contributed by atoms with Crippen molar-refractivity contribution in [3.8, 4) is 0 Å². The van der Waals surface area contributed by atoms with Crippen LogP contribution in [0.4, 0.5) is 4.79 Å². The molecule has 1 aliphatic heterocycles. The van der Waals surface area contributed by atoms with E-state index in [0.717, 1.165) is 29.7 Å². The molecule has 0 spiro atoms. The predicted molar refractivity (Wildman–Crippen MR) is 132 cm³/mol. The maximum Gasteiger partial charge on any atom is 0.408 e. The predicted octanol–water partition coefficient (Wildman–Crippen LogP) is 2.53. The third kappa shape index (κ3) is 7.88. The van der Waals surface area contributed by atoms with Crippen molar-refractivity contribution < 1.29 is 23.9 Å². The maximum absolute atomic E-state index is 13.0.